The Balaban J connectivity index is 1.66. The number of allylic oxidation sites excluding steroid dienone is 1. The minimum Gasteiger partial charge on any atom is -0.342 e. The van der Waals surface area contributed by atoms with Crippen molar-refractivity contribution in [1.82, 2.24) is 20.1 Å². The summed E-state index contributed by atoms with van der Waals surface area (Å²) < 4.78 is 1.78. The first kappa shape index (κ1) is 24.6. The van der Waals surface area contributed by atoms with Gasteiger partial charge in [-0.05, 0) is 32.0 Å². The van der Waals surface area contributed by atoms with Crippen LogP contribution in [0.25, 0.3) is 0 Å². The molecule has 0 spiro atoms. The summed E-state index contributed by atoms with van der Waals surface area (Å²) in [5.41, 5.74) is 1.32. The number of aromatic nitrogens is 3. The molecule has 34 heavy (non-hydrogen) atoms. The molecule has 0 bridgehead atoms. The monoisotopic (exact) mass is 480 g/mol. The summed E-state index contributed by atoms with van der Waals surface area (Å²) in [5.74, 6) is -0.0339. The quantitative estimate of drug-likeness (QED) is 0.195. The Bertz CT molecular complexity index is 1210. The molecule has 1 aromatic heterocycles. The highest BCUT2D eigenvalue weighted by molar-refractivity contribution is 7.99. The van der Waals surface area contributed by atoms with Crippen molar-refractivity contribution in [2.24, 2.45) is 0 Å². The van der Waals surface area contributed by atoms with Gasteiger partial charge < -0.3 is 15.2 Å². The molecule has 3 rings (SSSR count). The Morgan fingerprint density at radius 1 is 1.24 bits per heavy atom. The van der Waals surface area contributed by atoms with Crippen molar-refractivity contribution >= 4 is 35.0 Å². The molecule has 0 fully saturated rings. The number of nitrogens with one attached hydrogen (secondary N) is 2. The highest BCUT2D eigenvalue weighted by atomic mass is 32.2. The zero-order valence-electron chi connectivity index (χ0n) is 18.7. The summed E-state index contributed by atoms with van der Waals surface area (Å²) in [6, 6.07) is 12.9. The molecule has 1 unspecified atom stereocenters. The molecular formula is C23H24N6O4S. The molecule has 0 aliphatic rings. The molecule has 0 aliphatic heterocycles. The van der Waals surface area contributed by atoms with Crippen molar-refractivity contribution in [3.63, 3.8) is 0 Å². The minimum absolute atomic E-state index is 0.0156. The first-order valence-corrected chi connectivity index (χ1v) is 11.4. The molecule has 2 N–H and O–H groups in total. The number of nitro groups is 1. The van der Waals surface area contributed by atoms with E-state index in [4.69, 9.17) is 0 Å². The molecule has 10 nitrogen and oxygen atoms in total. The maximum Gasteiger partial charge on any atom is 0.274 e. The van der Waals surface area contributed by atoms with Crippen molar-refractivity contribution < 1.29 is 14.5 Å². The Morgan fingerprint density at radius 3 is 2.65 bits per heavy atom. The zero-order chi connectivity index (χ0) is 24.7. The number of rotatable bonds is 10. The van der Waals surface area contributed by atoms with E-state index in [1.807, 2.05) is 6.07 Å². The number of carbonyl (C=O) groups excluding carboxylic acids is 2. The largest absolute Gasteiger partial charge is 0.342 e. The molecule has 0 radical (unpaired) electrons. The first-order valence-electron chi connectivity index (χ1n) is 10.4. The summed E-state index contributed by atoms with van der Waals surface area (Å²) >= 11 is 1.16. The number of aryl methyl sites for hydroxylation is 1. The van der Waals surface area contributed by atoms with E-state index in [9.17, 15) is 19.7 Å². The molecule has 2 aromatic carbocycles. The second-order valence-corrected chi connectivity index (χ2v) is 8.34. The van der Waals surface area contributed by atoms with E-state index in [1.165, 1.54) is 6.07 Å². The summed E-state index contributed by atoms with van der Waals surface area (Å²) in [4.78, 5) is 35.5. The van der Waals surface area contributed by atoms with Crippen LogP contribution in [-0.4, -0.2) is 37.3 Å². The third-order valence-electron chi connectivity index (χ3n) is 4.85. The molecule has 1 heterocycles. The normalized spacial score (nSPS) is 11.5. The van der Waals surface area contributed by atoms with Crippen LogP contribution in [0.2, 0.25) is 0 Å². The van der Waals surface area contributed by atoms with Crippen LogP contribution in [0.3, 0.4) is 0 Å². The number of thioether (sulfide) groups is 1. The maximum atomic E-state index is 12.5. The fourth-order valence-corrected chi connectivity index (χ4v) is 3.93. The number of nitrogens with zero attached hydrogens (tertiary/aromatic N) is 4. The number of amides is 2. The molecule has 2 amide bonds. The van der Waals surface area contributed by atoms with Crippen LogP contribution in [0.4, 0.5) is 11.4 Å². The Kier molecular flexibility index (Phi) is 8.14. The third-order valence-corrected chi connectivity index (χ3v) is 5.82. The van der Waals surface area contributed by atoms with Gasteiger partial charge in [-0.25, -0.2) is 0 Å². The average Bonchev–Trinajstić information content (AvgIpc) is 3.22. The van der Waals surface area contributed by atoms with Crippen molar-refractivity contribution in [3.8, 4) is 0 Å². The summed E-state index contributed by atoms with van der Waals surface area (Å²) in [5, 5.41) is 25.5. The lowest BCUT2D eigenvalue weighted by Crippen LogP contribution is -2.28. The van der Waals surface area contributed by atoms with Gasteiger partial charge in [0.15, 0.2) is 11.0 Å². The molecule has 176 valence electrons. The standard InChI is InChI=1S/C23H24N6O4S/c1-4-12-28-21(16(3)24-22(31)17-8-6-5-7-9-17)26-27-23(28)34-14-20(30)25-18-11-10-15(2)19(13-18)29(32)33/h4-11,13,16H,1,12,14H2,2-3H3,(H,24,31)(H,25,30). The highest BCUT2D eigenvalue weighted by Gasteiger charge is 2.20. The van der Waals surface area contributed by atoms with Gasteiger partial charge in [0.05, 0.1) is 16.7 Å². The lowest BCUT2D eigenvalue weighted by atomic mass is 10.2. The number of benzene rings is 2. The van der Waals surface area contributed by atoms with E-state index < -0.39 is 11.0 Å². The first-order chi connectivity index (χ1) is 16.3. The molecule has 11 heteroatoms. The zero-order valence-corrected chi connectivity index (χ0v) is 19.5. The smallest absolute Gasteiger partial charge is 0.274 e. The van der Waals surface area contributed by atoms with Crippen molar-refractivity contribution in [2.75, 3.05) is 11.1 Å². The molecule has 0 saturated carbocycles. The second-order valence-electron chi connectivity index (χ2n) is 7.40. The molecule has 1 atom stereocenters. The van der Waals surface area contributed by atoms with E-state index in [0.29, 0.717) is 34.3 Å². The summed E-state index contributed by atoms with van der Waals surface area (Å²) in [6.07, 6.45) is 1.67. The van der Waals surface area contributed by atoms with Gasteiger partial charge in [-0.2, -0.15) is 0 Å². The van der Waals surface area contributed by atoms with Gasteiger partial charge in [0.25, 0.3) is 11.6 Å². The average molecular weight is 481 g/mol. The number of nitro benzene ring substituents is 1. The van der Waals surface area contributed by atoms with Crippen LogP contribution in [0.1, 0.15) is 34.7 Å². The van der Waals surface area contributed by atoms with Crippen molar-refractivity contribution in [3.05, 3.63) is 88.3 Å². The van der Waals surface area contributed by atoms with Crippen LogP contribution < -0.4 is 10.6 Å². The molecule has 0 aliphatic carbocycles. The van der Waals surface area contributed by atoms with Crippen LogP contribution in [0.15, 0.2) is 66.3 Å². The van der Waals surface area contributed by atoms with E-state index >= 15 is 0 Å². The van der Waals surface area contributed by atoms with Crippen molar-refractivity contribution in [2.45, 2.75) is 31.6 Å². The van der Waals surface area contributed by atoms with Gasteiger partial charge in [-0.3, -0.25) is 19.7 Å². The number of anilines is 1. The third kappa shape index (κ3) is 6.07. The maximum absolute atomic E-state index is 12.5. The SMILES string of the molecule is C=CCn1c(SCC(=O)Nc2ccc(C)c([N+](=O)[O-])c2)nnc1C(C)NC(=O)c1ccccc1. The van der Waals surface area contributed by atoms with Gasteiger partial charge >= 0.3 is 0 Å². The van der Waals surface area contributed by atoms with Crippen molar-refractivity contribution in [1.29, 1.82) is 0 Å². The molecule has 0 saturated heterocycles. The van der Waals surface area contributed by atoms with Crippen LogP contribution >= 0.6 is 11.8 Å². The predicted octanol–water partition coefficient (Wildman–Crippen LogP) is 3.90. The molecular weight excluding hydrogens is 456 g/mol. The van der Waals surface area contributed by atoms with E-state index in [-0.39, 0.29) is 23.3 Å². The second kappa shape index (κ2) is 11.2. The number of hydrogen-bond donors (Lipinski definition) is 2. The lowest BCUT2D eigenvalue weighted by molar-refractivity contribution is -0.385. The van der Waals surface area contributed by atoms with E-state index in [1.54, 1.807) is 60.9 Å². The van der Waals surface area contributed by atoms with Gasteiger partial charge in [0, 0.05) is 29.4 Å². The topological polar surface area (TPSA) is 132 Å². The van der Waals surface area contributed by atoms with E-state index in [0.717, 1.165) is 11.8 Å². The van der Waals surface area contributed by atoms with E-state index in [2.05, 4.69) is 27.4 Å². The Hall–Kier alpha value is -3.99. The molecule has 3 aromatic rings. The van der Waals surface area contributed by atoms with Gasteiger partial charge in [-0.1, -0.05) is 42.1 Å². The Labute approximate surface area is 200 Å². The minimum atomic E-state index is -0.489. The van der Waals surface area contributed by atoms with Gasteiger partial charge in [-0.15, -0.1) is 16.8 Å². The fraction of sp³-hybridized carbons (Fsp3) is 0.217. The summed E-state index contributed by atoms with van der Waals surface area (Å²) in [6.45, 7) is 7.58. The predicted molar refractivity (Wildman–Crippen MR) is 130 cm³/mol. The lowest BCUT2D eigenvalue weighted by Gasteiger charge is -2.15. The summed E-state index contributed by atoms with van der Waals surface area (Å²) in [7, 11) is 0. The van der Waals surface area contributed by atoms with Crippen LogP contribution in [0.5, 0.6) is 0 Å². The Morgan fingerprint density at radius 2 is 1.97 bits per heavy atom. The fourth-order valence-electron chi connectivity index (χ4n) is 3.17. The van der Waals surface area contributed by atoms with Gasteiger partial charge in [0.1, 0.15) is 0 Å². The van der Waals surface area contributed by atoms with Gasteiger partial charge in [0.2, 0.25) is 5.91 Å². The number of carbonyl (C=O) groups is 2. The number of hydrogen-bond acceptors (Lipinski definition) is 7. The highest BCUT2D eigenvalue weighted by Crippen LogP contribution is 2.24. The van der Waals surface area contributed by atoms with Crippen LogP contribution in [-0.2, 0) is 11.3 Å². The van der Waals surface area contributed by atoms with Crippen LogP contribution in [0, 0.1) is 17.0 Å².